The lowest BCUT2D eigenvalue weighted by Crippen LogP contribution is -2.36. The number of morpholine rings is 1. The van der Waals surface area contributed by atoms with E-state index in [-0.39, 0.29) is 0 Å². The van der Waals surface area contributed by atoms with Gasteiger partial charge in [0.05, 0.1) is 32.3 Å². The van der Waals surface area contributed by atoms with Gasteiger partial charge in [-0.3, -0.25) is 4.90 Å². The van der Waals surface area contributed by atoms with Crippen molar-refractivity contribution in [3.63, 3.8) is 0 Å². The summed E-state index contributed by atoms with van der Waals surface area (Å²) in [6.45, 7) is 5.03. The molecular weight excluding hydrogens is 334 g/mol. The van der Waals surface area contributed by atoms with Crippen LogP contribution in [-0.4, -0.2) is 44.9 Å². The zero-order valence-electron chi connectivity index (χ0n) is 14.9. The molecule has 2 aromatic rings. The van der Waals surface area contributed by atoms with Crippen LogP contribution in [0.15, 0.2) is 41.0 Å². The maximum Gasteiger partial charge on any atom is 0.122 e. The minimum absolute atomic E-state index is 0.875. The van der Waals surface area contributed by atoms with Gasteiger partial charge in [-0.2, -0.15) is 0 Å². The number of benzene rings is 1. The molecule has 3 rings (SSSR count). The molecule has 0 saturated carbocycles. The molecule has 1 aliphatic heterocycles. The van der Waals surface area contributed by atoms with E-state index in [4.69, 9.17) is 13.9 Å². The molecule has 2 heterocycles. The smallest absolute Gasteiger partial charge is 0.122 e. The first-order valence-electron chi connectivity index (χ1n) is 8.91. The summed E-state index contributed by atoms with van der Waals surface area (Å²) in [5, 5.41) is 0. The molecule has 1 aromatic carbocycles. The van der Waals surface area contributed by atoms with Gasteiger partial charge in [-0.15, -0.1) is 11.8 Å². The number of nitrogens with zero attached hydrogens (tertiary/aromatic N) is 1. The molecule has 1 aliphatic rings. The van der Waals surface area contributed by atoms with E-state index in [0.717, 1.165) is 62.3 Å². The minimum Gasteiger partial charge on any atom is -0.496 e. The Labute approximate surface area is 154 Å². The van der Waals surface area contributed by atoms with Gasteiger partial charge in [0, 0.05) is 24.4 Å². The van der Waals surface area contributed by atoms with Crippen LogP contribution in [0, 0.1) is 0 Å². The van der Waals surface area contributed by atoms with Crippen molar-refractivity contribution in [3.05, 3.63) is 53.5 Å². The van der Waals surface area contributed by atoms with E-state index in [1.807, 2.05) is 23.9 Å². The van der Waals surface area contributed by atoms with Gasteiger partial charge in [-0.1, -0.05) is 12.1 Å². The molecule has 136 valence electrons. The Kier molecular flexibility index (Phi) is 7.27. The molecule has 4 nitrogen and oxygen atoms in total. The Morgan fingerprint density at radius 2 is 2.04 bits per heavy atom. The van der Waals surface area contributed by atoms with Crippen molar-refractivity contribution >= 4 is 11.8 Å². The zero-order valence-corrected chi connectivity index (χ0v) is 15.7. The molecule has 1 saturated heterocycles. The average Bonchev–Trinajstić information content (AvgIpc) is 3.16. The molecule has 0 N–H and O–H groups in total. The largest absolute Gasteiger partial charge is 0.496 e. The van der Waals surface area contributed by atoms with Gasteiger partial charge in [0.25, 0.3) is 0 Å². The Balaban J connectivity index is 1.49. The first kappa shape index (κ1) is 18.4. The Hall–Kier alpha value is -1.43. The normalized spacial score (nSPS) is 15.4. The third-order valence-electron chi connectivity index (χ3n) is 4.47. The van der Waals surface area contributed by atoms with Crippen LogP contribution in [0.2, 0.25) is 0 Å². The number of furan rings is 1. The van der Waals surface area contributed by atoms with Gasteiger partial charge < -0.3 is 13.9 Å². The summed E-state index contributed by atoms with van der Waals surface area (Å²) < 4.78 is 16.3. The molecular formula is C20H27NO3S. The van der Waals surface area contributed by atoms with Gasteiger partial charge in [-0.25, -0.2) is 0 Å². The third-order valence-corrected chi connectivity index (χ3v) is 5.47. The topological polar surface area (TPSA) is 34.8 Å². The minimum atomic E-state index is 0.875. The maximum atomic E-state index is 5.53. The van der Waals surface area contributed by atoms with Crippen LogP contribution in [0.25, 0.3) is 0 Å². The molecule has 0 amide bonds. The van der Waals surface area contributed by atoms with Crippen LogP contribution in [0.3, 0.4) is 0 Å². The van der Waals surface area contributed by atoms with Crippen molar-refractivity contribution in [1.82, 2.24) is 4.90 Å². The van der Waals surface area contributed by atoms with Crippen LogP contribution >= 0.6 is 11.8 Å². The molecule has 0 aliphatic carbocycles. The predicted octanol–water partition coefficient (Wildman–Crippen LogP) is 3.99. The van der Waals surface area contributed by atoms with Crippen molar-refractivity contribution in [2.45, 2.75) is 24.3 Å². The summed E-state index contributed by atoms with van der Waals surface area (Å²) in [5.41, 5.74) is 2.66. The first-order chi connectivity index (χ1) is 12.3. The molecule has 0 bridgehead atoms. The molecule has 5 heteroatoms. The van der Waals surface area contributed by atoms with Gasteiger partial charge >= 0.3 is 0 Å². The monoisotopic (exact) mass is 361 g/mol. The Morgan fingerprint density at radius 3 is 2.80 bits per heavy atom. The average molecular weight is 362 g/mol. The summed E-state index contributed by atoms with van der Waals surface area (Å²) >= 11 is 1.85. The van der Waals surface area contributed by atoms with Crippen molar-refractivity contribution in [1.29, 1.82) is 0 Å². The summed E-state index contributed by atoms with van der Waals surface area (Å²) in [5.74, 6) is 3.81. The predicted molar refractivity (Wildman–Crippen MR) is 102 cm³/mol. The lowest BCUT2D eigenvalue weighted by molar-refractivity contribution is 0.0374. The van der Waals surface area contributed by atoms with Crippen LogP contribution < -0.4 is 4.74 Å². The van der Waals surface area contributed by atoms with Gasteiger partial charge in [0.2, 0.25) is 0 Å². The SMILES string of the molecule is COc1ccc(CCCN2CCOCC2)cc1CSCc1ccco1. The van der Waals surface area contributed by atoms with Crippen LogP contribution in [0.1, 0.15) is 23.3 Å². The second-order valence-corrected chi connectivity index (χ2v) is 7.26. The van der Waals surface area contributed by atoms with E-state index >= 15 is 0 Å². The number of hydrogen-bond acceptors (Lipinski definition) is 5. The van der Waals surface area contributed by atoms with E-state index in [0.29, 0.717) is 0 Å². The van der Waals surface area contributed by atoms with Crippen molar-refractivity contribution < 1.29 is 13.9 Å². The lowest BCUT2D eigenvalue weighted by Gasteiger charge is -2.26. The Morgan fingerprint density at radius 1 is 1.16 bits per heavy atom. The highest BCUT2D eigenvalue weighted by molar-refractivity contribution is 7.97. The van der Waals surface area contributed by atoms with Crippen molar-refractivity contribution in [2.24, 2.45) is 0 Å². The quantitative estimate of drug-likeness (QED) is 0.675. The number of aryl methyl sites for hydroxylation is 1. The number of rotatable bonds is 9. The van der Waals surface area contributed by atoms with E-state index in [1.165, 1.54) is 17.5 Å². The number of ether oxygens (including phenoxy) is 2. The summed E-state index contributed by atoms with van der Waals surface area (Å²) in [4.78, 5) is 2.49. The lowest BCUT2D eigenvalue weighted by atomic mass is 10.1. The van der Waals surface area contributed by atoms with Crippen LogP contribution in [0.5, 0.6) is 5.75 Å². The number of hydrogen-bond donors (Lipinski definition) is 0. The standard InChI is InChI=1S/C20H27NO3S/c1-22-20-7-6-17(4-2-8-21-9-12-23-13-10-21)14-18(20)15-25-16-19-5-3-11-24-19/h3,5-7,11,14H,2,4,8-10,12-13,15-16H2,1H3. The zero-order chi connectivity index (χ0) is 17.3. The van der Waals surface area contributed by atoms with Crippen molar-refractivity contribution in [2.75, 3.05) is 40.0 Å². The summed E-state index contributed by atoms with van der Waals surface area (Å²) in [7, 11) is 1.74. The van der Waals surface area contributed by atoms with E-state index < -0.39 is 0 Å². The second kappa shape index (κ2) is 9.90. The van der Waals surface area contributed by atoms with E-state index in [1.54, 1.807) is 13.4 Å². The van der Waals surface area contributed by atoms with E-state index in [2.05, 4.69) is 23.1 Å². The van der Waals surface area contributed by atoms with Gasteiger partial charge in [-0.05, 0) is 43.1 Å². The fourth-order valence-corrected chi connectivity index (χ4v) is 4.00. The van der Waals surface area contributed by atoms with Crippen molar-refractivity contribution in [3.8, 4) is 5.75 Å². The van der Waals surface area contributed by atoms with Crippen LogP contribution in [0.4, 0.5) is 0 Å². The first-order valence-corrected chi connectivity index (χ1v) is 10.1. The number of methoxy groups -OCH3 is 1. The molecule has 0 atom stereocenters. The summed E-state index contributed by atoms with van der Waals surface area (Å²) in [6.07, 6.45) is 4.02. The van der Waals surface area contributed by atoms with E-state index in [9.17, 15) is 0 Å². The van der Waals surface area contributed by atoms with Crippen LogP contribution in [-0.2, 0) is 22.7 Å². The summed E-state index contributed by atoms with van der Waals surface area (Å²) in [6, 6.07) is 10.6. The highest BCUT2D eigenvalue weighted by atomic mass is 32.2. The molecule has 1 aromatic heterocycles. The highest BCUT2D eigenvalue weighted by Crippen LogP contribution is 2.27. The van der Waals surface area contributed by atoms with Gasteiger partial charge in [0.15, 0.2) is 0 Å². The molecule has 0 spiro atoms. The third kappa shape index (κ3) is 5.80. The molecule has 0 unspecified atom stereocenters. The second-order valence-electron chi connectivity index (χ2n) is 6.28. The van der Waals surface area contributed by atoms with Gasteiger partial charge in [0.1, 0.15) is 11.5 Å². The highest BCUT2D eigenvalue weighted by Gasteiger charge is 2.10. The maximum absolute atomic E-state index is 5.53. The number of thioether (sulfide) groups is 1. The fraction of sp³-hybridized carbons (Fsp3) is 0.500. The fourth-order valence-electron chi connectivity index (χ4n) is 3.09. The Bertz CT molecular complexity index is 624. The molecule has 1 fully saturated rings. The molecule has 25 heavy (non-hydrogen) atoms. The molecule has 0 radical (unpaired) electrons.